The molecule has 1 amide bonds. The van der Waals surface area contributed by atoms with Gasteiger partial charge in [-0.1, -0.05) is 6.92 Å². The van der Waals surface area contributed by atoms with Crippen molar-refractivity contribution < 1.29 is 28.7 Å². The molecule has 0 aliphatic rings. The van der Waals surface area contributed by atoms with Gasteiger partial charge < -0.3 is 14.3 Å². The third-order valence-corrected chi connectivity index (χ3v) is 2.73. The summed E-state index contributed by atoms with van der Waals surface area (Å²) in [6, 6.07) is 0. The lowest BCUT2D eigenvalue weighted by molar-refractivity contribution is -0.147. The Hall–Kier alpha value is -1.22. The summed E-state index contributed by atoms with van der Waals surface area (Å²) in [5.41, 5.74) is 2.29. The first-order valence-corrected chi connectivity index (χ1v) is 6.97. The molecule has 0 aromatic heterocycles. The first kappa shape index (κ1) is 19.8. The molecule has 3 N–H and O–H groups in total. The van der Waals surface area contributed by atoms with Crippen molar-refractivity contribution in [1.29, 1.82) is 0 Å². The number of nitrogens with one attached hydrogen (secondary N) is 1. The monoisotopic (exact) mass is 306 g/mol. The number of hydrogen-bond acceptors (Lipinski definition) is 7. The van der Waals surface area contributed by atoms with Gasteiger partial charge in [0.15, 0.2) is 0 Å². The Bertz CT molecular complexity index is 288. The predicted molar refractivity (Wildman–Crippen MR) is 74.7 cm³/mol. The van der Waals surface area contributed by atoms with E-state index in [2.05, 4.69) is 10.3 Å². The average molecular weight is 306 g/mol. The number of methoxy groups -OCH3 is 1. The van der Waals surface area contributed by atoms with Crippen LogP contribution in [0.5, 0.6) is 0 Å². The molecular formula is C13H26N2O6. The smallest absolute Gasteiger partial charge is 0.306 e. The van der Waals surface area contributed by atoms with Crippen molar-refractivity contribution >= 4 is 11.9 Å². The lowest BCUT2D eigenvalue weighted by Crippen LogP contribution is -2.25. The fraction of sp³-hybridized carbons (Fsp3) is 0.846. The number of esters is 1. The Morgan fingerprint density at radius 2 is 1.81 bits per heavy atom. The molecule has 8 nitrogen and oxygen atoms in total. The number of nitrogens with two attached hydrogens (primary N) is 1. The predicted octanol–water partition coefficient (Wildman–Crippen LogP) is 0.311. The molecule has 0 aliphatic carbocycles. The molecule has 0 fully saturated rings. The Morgan fingerprint density at radius 3 is 2.48 bits per heavy atom. The summed E-state index contributed by atoms with van der Waals surface area (Å²) in [6.07, 6.45) is 1.66. The number of carbonyl (C=O) groups is 2. The number of hydrogen-bond donors (Lipinski definition) is 2. The van der Waals surface area contributed by atoms with Crippen LogP contribution in [0, 0.1) is 5.92 Å². The van der Waals surface area contributed by atoms with Crippen LogP contribution in [0.2, 0.25) is 0 Å². The number of amides is 1. The van der Waals surface area contributed by atoms with Crippen LogP contribution in [-0.2, 0) is 28.7 Å². The highest BCUT2D eigenvalue weighted by Gasteiger charge is 2.08. The second-order valence-corrected chi connectivity index (χ2v) is 4.64. The van der Waals surface area contributed by atoms with Gasteiger partial charge in [-0.05, 0) is 18.8 Å². The molecule has 1 unspecified atom stereocenters. The molecule has 0 rings (SSSR count). The molecule has 0 radical (unpaired) electrons. The molecule has 0 heterocycles. The van der Waals surface area contributed by atoms with E-state index in [1.165, 1.54) is 7.11 Å². The van der Waals surface area contributed by atoms with Crippen molar-refractivity contribution in [2.75, 3.05) is 33.5 Å². The van der Waals surface area contributed by atoms with Gasteiger partial charge in [0.1, 0.15) is 6.61 Å². The third-order valence-electron chi connectivity index (χ3n) is 2.73. The van der Waals surface area contributed by atoms with E-state index in [0.29, 0.717) is 25.7 Å². The Labute approximate surface area is 125 Å². The average Bonchev–Trinajstić information content (AvgIpc) is 2.47. The van der Waals surface area contributed by atoms with E-state index in [1.54, 1.807) is 0 Å². The van der Waals surface area contributed by atoms with E-state index >= 15 is 0 Å². The summed E-state index contributed by atoms with van der Waals surface area (Å²) in [6.45, 7) is 3.47. The largest absolute Gasteiger partial charge is 0.463 e. The molecule has 21 heavy (non-hydrogen) atoms. The standard InChI is InChI=1S/C13H26N2O6/c1-11(5-7-20-14)6-8-21-15-12(16)3-4-13(17)19-10-9-18-2/h11H,3-10,14H2,1-2H3,(H,15,16). The first-order chi connectivity index (χ1) is 10.1. The van der Waals surface area contributed by atoms with Crippen molar-refractivity contribution in [1.82, 2.24) is 5.48 Å². The van der Waals surface area contributed by atoms with Crippen molar-refractivity contribution in [3.63, 3.8) is 0 Å². The zero-order valence-electron chi connectivity index (χ0n) is 12.8. The zero-order valence-corrected chi connectivity index (χ0v) is 12.8. The molecule has 0 aromatic rings. The van der Waals surface area contributed by atoms with E-state index in [9.17, 15) is 9.59 Å². The number of hydroxylamine groups is 1. The van der Waals surface area contributed by atoms with E-state index in [4.69, 9.17) is 20.2 Å². The van der Waals surface area contributed by atoms with Crippen molar-refractivity contribution in [3.8, 4) is 0 Å². The van der Waals surface area contributed by atoms with Crippen molar-refractivity contribution in [2.45, 2.75) is 32.6 Å². The maximum Gasteiger partial charge on any atom is 0.306 e. The SMILES string of the molecule is COCCOC(=O)CCC(=O)NOCCC(C)CCON. The third kappa shape index (κ3) is 13.5. The molecule has 0 bridgehead atoms. The minimum absolute atomic E-state index is 0.0170. The van der Waals surface area contributed by atoms with Crippen LogP contribution >= 0.6 is 0 Å². The van der Waals surface area contributed by atoms with Gasteiger partial charge in [0.05, 0.1) is 26.2 Å². The molecule has 124 valence electrons. The quantitative estimate of drug-likeness (QED) is 0.286. The summed E-state index contributed by atoms with van der Waals surface area (Å²) in [4.78, 5) is 32.1. The molecule has 1 atom stereocenters. The lowest BCUT2D eigenvalue weighted by atomic mass is 10.1. The van der Waals surface area contributed by atoms with Crippen LogP contribution in [0.15, 0.2) is 0 Å². The van der Waals surface area contributed by atoms with Crippen LogP contribution in [0.4, 0.5) is 0 Å². The van der Waals surface area contributed by atoms with Gasteiger partial charge in [0.2, 0.25) is 5.91 Å². The molecule has 0 spiro atoms. The summed E-state index contributed by atoms with van der Waals surface area (Å²) < 4.78 is 9.56. The maximum absolute atomic E-state index is 11.4. The summed E-state index contributed by atoms with van der Waals surface area (Å²) in [5, 5.41) is 0. The fourth-order valence-corrected chi connectivity index (χ4v) is 1.38. The molecule has 8 heteroatoms. The summed E-state index contributed by atoms with van der Waals surface area (Å²) in [7, 11) is 1.52. The Morgan fingerprint density at radius 1 is 1.10 bits per heavy atom. The van der Waals surface area contributed by atoms with Crippen LogP contribution in [0.25, 0.3) is 0 Å². The number of rotatable bonds is 13. The molecular weight excluding hydrogens is 280 g/mol. The zero-order chi connectivity index (χ0) is 15.9. The first-order valence-electron chi connectivity index (χ1n) is 6.97. The summed E-state index contributed by atoms with van der Waals surface area (Å²) in [5.74, 6) is 4.54. The summed E-state index contributed by atoms with van der Waals surface area (Å²) >= 11 is 0. The van der Waals surface area contributed by atoms with Gasteiger partial charge in [-0.25, -0.2) is 11.4 Å². The van der Waals surface area contributed by atoms with Crippen LogP contribution < -0.4 is 11.4 Å². The van der Waals surface area contributed by atoms with Gasteiger partial charge >= 0.3 is 5.97 Å². The molecule has 0 aliphatic heterocycles. The minimum atomic E-state index is -0.433. The van der Waals surface area contributed by atoms with Gasteiger partial charge in [-0.3, -0.25) is 14.4 Å². The normalized spacial score (nSPS) is 12.0. The van der Waals surface area contributed by atoms with E-state index in [1.807, 2.05) is 6.92 Å². The second kappa shape index (κ2) is 13.7. The fourth-order valence-electron chi connectivity index (χ4n) is 1.38. The number of carbonyl (C=O) groups excluding carboxylic acids is 2. The van der Waals surface area contributed by atoms with Crippen molar-refractivity contribution in [2.24, 2.45) is 11.8 Å². The van der Waals surface area contributed by atoms with Gasteiger partial charge in [0, 0.05) is 13.5 Å². The Balaban J connectivity index is 3.47. The molecule has 0 aromatic carbocycles. The van der Waals surface area contributed by atoms with E-state index in [-0.39, 0.29) is 25.4 Å². The molecule has 0 saturated carbocycles. The lowest BCUT2D eigenvalue weighted by Gasteiger charge is -2.10. The van der Waals surface area contributed by atoms with Gasteiger partial charge in [-0.15, -0.1) is 0 Å². The van der Waals surface area contributed by atoms with E-state index in [0.717, 1.165) is 12.8 Å². The van der Waals surface area contributed by atoms with E-state index < -0.39 is 5.97 Å². The van der Waals surface area contributed by atoms with Gasteiger partial charge in [-0.2, -0.15) is 0 Å². The van der Waals surface area contributed by atoms with Crippen molar-refractivity contribution in [3.05, 3.63) is 0 Å². The highest BCUT2D eigenvalue weighted by atomic mass is 16.6. The maximum atomic E-state index is 11.4. The van der Waals surface area contributed by atoms with Crippen LogP contribution in [-0.4, -0.2) is 45.4 Å². The highest BCUT2D eigenvalue weighted by Crippen LogP contribution is 2.06. The molecule has 0 saturated heterocycles. The topological polar surface area (TPSA) is 109 Å². The number of ether oxygens (including phenoxy) is 2. The van der Waals surface area contributed by atoms with Crippen LogP contribution in [0.1, 0.15) is 32.6 Å². The van der Waals surface area contributed by atoms with Gasteiger partial charge in [0.25, 0.3) is 0 Å². The Kier molecular flexibility index (Phi) is 13.0. The van der Waals surface area contributed by atoms with Crippen LogP contribution in [0.3, 0.4) is 0 Å². The minimum Gasteiger partial charge on any atom is -0.463 e. The second-order valence-electron chi connectivity index (χ2n) is 4.64. The highest BCUT2D eigenvalue weighted by molar-refractivity contribution is 5.80.